The first-order chi connectivity index (χ1) is 7.61. The van der Waals surface area contributed by atoms with Gasteiger partial charge in [-0.15, -0.1) is 0 Å². The Kier molecular flexibility index (Phi) is 2.60. The van der Waals surface area contributed by atoms with Gasteiger partial charge >= 0.3 is 11.9 Å². The summed E-state index contributed by atoms with van der Waals surface area (Å²) in [6.07, 6.45) is 0. The fourth-order valence-electron chi connectivity index (χ4n) is 1.80. The van der Waals surface area contributed by atoms with Crippen LogP contribution < -0.4 is 0 Å². The van der Waals surface area contributed by atoms with Crippen molar-refractivity contribution in [1.82, 2.24) is 0 Å². The minimum Gasteiger partial charge on any atom is -0.386 e. The molecule has 0 amide bonds. The number of esters is 2. The molecule has 0 spiro atoms. The first kappa shape index (κ1) is 10.6. The van der Waals surface area contributed by atoms with E-state index in [4.69, 9.17) is 0 Å². The number of hydrogen-bond donors (Lipinski definition) is 0. The number of benzene rings is 1. The van der Waals surface area contributed by atoms with E-state index in [0.717, 1.165) is 5.56 Å². The van der Waals surface area contributed by atoms with E-state index in [1.807, 2.05) is 32.0 Å². The standard InChI is InChI=1S/C13H12O3/c1-8(2)10-11(13(15)16-12(10)14)9-6-4-3-5-7-9/h3-8H,1-2H3. The molecule has 3 heteroatoms. The maximum Gasteiger partial charge on any atom is 0.347 e. The highest BCUT2D eigenvalue weighted by atomic mass is 16.6. The smallest absolute Gasteiger partial charge is 0.347 e. The highest BCUT2D eigenvalue weighted by Gasteiger charge is 2.35. The Morgan fingerprint density at radius 2 is 1.62 bits per heavy atom. The number of cyclic esters (lactones) is 2. The molecule has 16 heavy (non-hydrogen) atoms. The average Bonchev–Trinajstić information content (AvgIpc) is 2.55. The zero-order chi connectivity index (χ0) is 11.7. The number of carbonyl (C=O) groups is 2. The molecule has 2 rings (SSSR count). The fraction of sp³-hybridized carbons (Fsp3) is 0.231. The first-order valence-corrected chi connectivity index (χ1v) is 5.17. The molecule has 0 radical (unpaired) electrons. The lowest BCUT2D eigenvalue weighted by molar-refractivity contribution is -0.150. The Morgan fingerprint density at radius 3 is 2.19 bits per heavy atom. The molecule has 1 aromatic carbocycles. The van der Waals surface area contributed by atoms with Gasteiger partial charge in [0, 0.05) is 0 Å². The monoisotopic (exact) mass is 216 g/mol. The van der Waals surface area contributed by atoms with Crippen LogP contribution in [0.25, 0.3) is 5.57 Å². The van der Waals surface area contributed by atoms with Crippen molar-refractivity contribution in [3.05, 3.63) is 41.5 Å². The van der Waals surface area contributed by atoms with E-state index in [1.54, 1.807) is 12.1 Å². The van der Waals surface area contributed by atoms with Crippen LogP contribution in [0.3, 0.4) is 0 Å². The fourth-order valence-corrected chi connectivity index (χ4v) is 1.80. The first-order valence-electron chi connectivity index (χ1n) is 5.17. The van der Waals surface area contributed by atoms with Crippen molar-refractivity contribution in [2.45, 2.75) is 13.8 Å². The Bertz CT molecular complexity index is 469. The van der Waals surface area contributed by atoms with Crippen LogP contribution in [-0.2, 0) is 14.3 Å². The number of carbonyl (C=O) groups excluding carboxylic acids is 2. The largest absolute Gasteiger partial charge is 0.386 e. The van der Waals surface area contributed by atoms with Crippen LogP contribution in [0.1, 0.15) is 19.4 Å². The second-order valence-electron chi connectivity index (χ2n) is 3.99. The van der Waals surface area contributed by atoms with Gasteiger partial charge in [0.2, 0.25) is 0 Å². The maximum absolute atomic E-state index is 11.6. The van der Waals surface area contributed by atoms with E-state index in [9.17, 15) is 9.59 Å². The summed E-state index contributed by atoms with van der Waals surface area (Å²) in [5, 5.41) is 0. The normalized spacial score (nSPS) is 15.9. The van der Waals surface area contributed by atoms with Gasteiger partial charge in [0.05, 0.1) is 11.1 Å². The van der Waals surface area contributed by atoms with Gasteiger partial charge < -0.3 is 4.74 Å². The summed E-state index contributed by atoms with van der Waals surface area (Å²) in [7, 11) is 0. The lowest BCUT2D eigenvalue weighted by Crippen LogP contribution is -2.05. The minimum absolute atomic E-state index is 0.0193. The van der Waals surface area contributed by atoms with Crippen molar-refractivity contribution in [1.29, 1.82) is 0 Å². The Morgan fingerprint density at radius 1 is 1.00 bits per heavy atom. The predicted molar refractivity (Wildman–Crippen MR) is 59.3 cm³/mol. The molecular weight excluding hydrogens is 204 g/mol. The van der Waals surface area contributed by atoms with E-state index >= 15 is 0 Å². The molecule has 0 N–H and O–H groups in total. The molecule has 1 heterocycles. The molecule has 1 aliphatic rings. The van der Waals surface area contributed by atoms with Gasteiger partial charge in [0.1, 0.15) is 0 Å². The summed E-state index contributed by atoms with van der Waals surface area (Å²) >= 11 is 0. The van der Waals surface area contributed by atoms with E-state index in [2.05, 4.69) is 4.74 Å². The maximum atomic E-state index is 11.6. The second kappa shape index (κ2) is 3.93. The van der Waals surface area contributed by atoms with E-state index in [-0.39, 0.29) is 5.92 Å². The van der Waals surface area contributed by atoms with Crippen LogP contribution >= 0.6 is 0 Å². The zero-order valence-corrected chi connectivity index (χ0v) is 9.19. The van der Waals surface area contributed by atoms with Gasteiger partial charge in [-0.05, 0) is 11.5 Å². The molecule has 0 bridgehead atoms. The lowest BCUT2D eigenvalue weighted by Gasteiger charge is -2.04. The Balaban J connectivity index is 2.59. The molecule has 0 saturated carbocycles. The second-order valence-corrected chi connectivity index (χ2v) is 3.99. The summed E-state index contributed by atoms with van der Waals surface area (Å²) in [6.45, 7) is 3.75. The highest BCUT2D eigenvalue weighted by Crippen LogP contribution is 2.31. The van der Waals surface area contributed by atoms with Crippen LogP contribution in [0.2, 0.25) is 0 Å². The van der Waals surface area contributed by atoms with E-state index in [1.165, 1.54) is 0 Å². The molecule has 0 saturated heterocycles. The van der Waals surface area contributed by atoms with Crippen LogP contribution in [0, 0.1) is 5.92 Å². The zero-order valence-electron chi connectivity index (χ0n) is 9.19. The average molecular weight is 216 g/mol. The number of hydrogen-bond acceptors (Lipinski definition) is 3. The number of ether oxygens (including phenoxy) is 1. The van der Waals surface area contributed by atoms with Gasteiger partial charge in [-0.1, -0.05) is 44.2 Å². The quantitative estimate of drug-likeness (QED) is 0.562. The van der Waals surface area contributed by atoms with Crippen molar-refractivity contribution in [3.63, 3.8) is 0 Å². The molecule has 0 aliphatic carbocycles. The summed E-state index contributed by atoms with van der Waals surface area (Å²) in [5.74, 6) is -1.08. The van der Waals surface area contributed by atoms with Crippen molar-refractivity contribution < 1.29 is 14.3 Å². The SMILES string of the molecule is CC(C)C1=C(c2ccccc2)C(=O)OC1=O. The molecule has 0 unspecified atom stereocenters. The van der Waals surface area contributed by atoms with E-state index < -0.39 is 11.9 Å². The van der Waals surface area contributed by atoms with Gasteiger partial charge in [0.25, 0.3) is 0 Å². The van der Waals surface area contributed by atoms with Crippen LogP contribution in [0.15, 0.2) is 35.9 Å². The summed E-state index contributed by atoms with van der Waals surface area (Å²) < 4.78 is 4.65. The third-order valence-corrected chi connectivity index (χ3v) is 2.52. The Hall–Kier alpha value is -1.90. The van der Waals surface area contributed by atoms with Gasteiger partial charge in [-0.25, -0.2) is 9.59 Å². The summed E-state index contributed by atoms with van der Waals surface area (Å²) in [4.78, 5) is 23.1. The molecule has 82 valence electrons. The molecule has 0 atom stereocenters. The number of rotatable bonds is 2. The van der Waals surface area contributed by atoms with Crippen molar-refractivity contribution >= 4 is 17.5 Å². The molecule has 1 aliphatic heterocycles. The van der Waals surface area contributed by atoms with Crippen molar-refractivity contribution in [2.24, 2.45) is 5.92 Å². The third-order valence-electron chi connectivity index (χ3n) is 2.52. The topological polar surface area (TPSA) is 43.4 Å². The third kappa shape index (κ3) is 1.65. The molecule has 3 nitrogen and oxygen atoms in total. The Labute approximate surface area is 93.7 Å². The molecule has 1 aromatic rings. The highest BCUT2D eigenvalue weighted by molar-refractivity contribution is 6.30. The lowest BCUT2D eigenvalue weighted by atomic mass is 9.94. The van der Waals surface area contributed by atoms with Crippen molar-refractivity contribution in [2.75, 3.05) is 0 Å². The van der Waals surface area contributed by atoms with Crippen LogP contribution in [-0.4, -0.2) is 11.9 Å². The molecule has 0 fully saturated rings. The van der Waals surface area contributed by atoms with E-state index in [0.29, 0.717) is 11.1 Å². The minimum atomic E-state index is -0.542. The van der Waals surface area contributed by atoms with Crippen LogP contribution in [0.5, 0.6) is 0 Å². The van der Waals surface area contributed by atoms with Gasteiger partial charge in [0.15, 0.2) is 0 Å². The summed E-state index contributed by atoms with van der Waals surface area (Å²) in [5.41, 5.74) is 1.61. The van der Waals surface area contributed by atoms with Crippen LogP contribution in [0.4, 0.5) is 0 Å². The van der Waals surface area contributed by atoms with Gasteiger partial charge in [-0.2, -0.15) is 0 Å². The molecular formula is C13H12O3. The predicted octanol–water partition coefficient (Wildman–Crippen LogP) is 2.18. The van der Waals surface area contributed by atoms with Gasteiger partial charge in [-0.3, -0.25) is 0 Å². The summed E-state index contributed by atoms with van der Waals surface area (Å²) in [6, 6.07) is 9.13. The van der Waals surface area contributed by atoms with Crippen molar-refractivity contribution in [3.8, 4) is 0 Å². The molecule has 0 aromatic heterocycles.